The molecule has 0 aliphatic heterocycles. The molecular weight excluding hydrogens is 495 g/mol. The zero-order valence-electron chi connectivity index (χ0n) is 15.8. The van der Waals surface area contributed by atoms with E-state index in [1.54, 1.807) is 36.4 Å². The summed E-state index contributed by atoms with van der Waals surface area (Å²) in [5.41, 5.74) is -1.74. The predicted molar refractivity (Wildman–Crippen MR) is 114 cm³/mol. The van der Waals surface area contributed by atoms with Crippen molar-refractivity contribution in [3.63, 3.8) is 0 Å². The number of hydrogen-bond donors (Lipinski definition) is 1. The number of nitro groups is 1. The topological polar surface area (TPSA) is 98.1 Å². The largest absolute Gasteiger partial charge is 0.449 e. The Hall–Kier alpha value is -3.73. The molecule has 7 nitrogen and oxygen atoms in total. The maximum absolute atomic E-state index is 13.0. The highest BCUT2D eigenvalue weighted by Crippen LogP contribution is 2.40. The highest BCUT2D eigenvalue weighted by atomic mass is 79.9. The molecule has 0 saturated carbocycles. The van der Waals surface area contributed by atoms with Gasteiger partial charge in [0.15, 0.2) is 0 Å². The molecule has 11 heteroatoms. The molecule has 4 aromatic rings. The van der Waals surface area contributed by atoms with Crippen molar-refractivity contribution in [2.45, 2.75) is 6.18 Å². The molecule has 4 rings (SSSR count). The number of hydrogen-bond acceptors (Lipinski definition) is 5. The van der Waals surface area contributed by atoms with Crippen LogP contribution >= 0.6 is 15.9 Å². The van der Waals surface area contributed by atoms with Crippen LogP contribution in [0.3, 0.4) is 0 Å². The zero-order valence-corrected chi connectivity index (χ0v) is 17.4. The van der Waals surface area contributed by atoms with E-state index in [1.807, 2.05) is 0 Å². The van der Waals surface area contributed by atoms with Crippen LogP contribution in [0.25, 0.3) is 22.3 Å². The predicted octanol–water partition coefficient (Wildman–Crippen LogP) is 6.07. The number of fused-ring (bicyclic) bond motifs is 1. The van der Waals surface area contributed by atoms with Crippen molar-refractivity contribution in [2.24, 2.45) is 0 Å². The van der Waals surface area contributed by atoms with Crippen LogP contribution < -0.4 is 10.3 Å². The van der Waals surface area contributed by atoms with Crippen LogP contribution in [0.1, 0.15) is 5.56 Å². The molecule has 162 valence electrons. The molecule has 0 unspecified atom stereocenters. The van der Waals surface area contributed by atoms with Crippen molar-refractivity contribution < 1.29 is 22.8 Å². The summed E-state index contributed by atoms with van der Waals surface area (Å²) in [7, 11) is 0. The maximum Gasteiger partial charge on any atom is 0.416 e. The number of nitrogens with zero attached hydrogens (tertiary/aromatic N) is 2. The van der Waals surface area contributed by atoms with Gasteiger partial charge in [-0.3, -0.25) is 14.9 Å². The van der Waals surface area contributed by atoms with Crippen molar-refractivity contribution in [3.8, 4) is 22.9 Å². The smallest absolute Gasteiger partial charge is 0.416 e. The van der Waals surface area contributed by atoms with Gasteiger partial charge >= 0.3 is 11.9 Å². The number of H-pyrrole nitrogens is 1. The Balaban J connectivity index is 1.84. The van der Waals surface area contributed by atoms with Crippen molar-refractivity contribution >= 4 is 32.5 Å². The fourth-order valence-electron chi connectivity index (χ4n) is 3.03. The van der Waals surface area contributed by atoms with E-state index in [0.29, 0.717) is 27.5 Å². The molecule has 1 aromatic heterocycles. The number of aromatic amines is 1. The van der Waals surface area contributed by atoms with Crippen molar-refractivity contribution in [1.82, 2.24) is 9.97 Å². The number of nitro benzene ring substituents is 1. The number of nitrogens with one attached hydrogen (secondary N) is 1. The lowest BCUT2D eigenvalue weighted by molar-refractivity contribution is -0.385. The Morgan fingerprint density at radius 1 is 1.03 bits per heavy atom. The molecule has 32 heavy (non-hydrogen) atoms. The monoisotopic (exact) mass is 505 g/mol. The number of ether oxygens (including phenoxy) is 1. The first-order chi connectivity index (χ1) is 15.1. The lowest BCUT2D eigenvalue weighted by Gasteiger charge is -2.13. The molecule has 1 heterocycles. The Bertz CT molecular complexity index is 1420. The highest BCUT2D eigenvalue weighted by molar-refractivity contribution is 9.10. The van der Waals surface area contributed by atoms with E-state index in [2.05, 4.69) is 25.9 Å². The average molecular weight is 506 g/mol. The lowest BCUT2D eigenvalue weighted by Crippen LogP contribution is -2.10. The summed E-state index contributed by atoms with van der Waals surface area (Å²) in [5.74, 6) is -0.219. The summed E-state index contributed by atoms with van der Waals surface area (Å²) in [6.45, 7) is 0. The zero-order chi connectivity index (χ0) is 23.0. The summed E-state index contributed by atoms with van der Waals surface area (Å²) in [4.78, 5) is 29.9. The van der Waals surface area contributed by atoms with Gasteiger partial charge in [0.05, 0.1) is 27.0 Å². The van der Waals surface area contributed by atoms with E-state index in [1.165, 1.54) is 6.07 Å². The van der Waals surface area contributed by atoms with E-state index >= 15 is 0 Å². The van der Waals surface area contributed by atoms with E-state index in [-0.39, 0.29) is 17.1 Å². The summed E-state index contributed by atoms with van der Waals surface area (Å²) in [6, 6.07) is 13.2. The van der Waals surface area contributed by atoms with Gasteiger partial charge in [0.1, 0.15) is 11.6 Å². The van der Waals surface area contributed by atoms with Crippen LogP contribution in [0.2, 0.25) is 0 Å². The fraction of sp³-hybridized carbons (Fsp3) is 0.0476. The van der Waals surface area contributed by atoms with Crippen LogP contribution in [0.15, 0.2) is 69.9 Å². The molecule has 0 amide bonds. The van der Waals surface area contributed by atoms with Crippen LogP contribution in [-0.4, -0.2) is 14.9 Å². The summed E-state index contributed by atoms with van der Waals surface area (Å²) < 4.78 is 45.2. The van der Waals surface area contributed by atoms with Gasteiger partial charge in [-0.1, -0.05) is 28.1 Å². The molecule has 0 radical (unpaired) electrons. The maximum atomic E-state index is 13.0. The van der Waals surface area contributed by atoms with E-state index in [0.717, 1.165) is 6.07 Å². The van der Waals surface area contributed by atoms with Gasteiger partial charge < -0.3 is 9.72 Å². The molecule has 0 spiro atoms. The van der Waals surface area contributed by atoms with Crippen LogP contribution in [0, 0.1) is 10.1 Å². The van der Waals surface area contributed by atoms with Crippen molar-refractivity contribution in [1.29, 1.82) is 0 Å². The highest BCUT2D eigenvalue weighted by Gasteiger charge is 2.33. The first-order valence-corrected chi connectivity index (χ1v) is 9.75. The number of halogens is 4. The lowest BCUT2D eigenvalue weighted by atomic mass is 10.1. The fourth-order valence-corrected chi connectivity index (χ4v) is 3.39. The molecule has 0 bridgehead atoms. The van der Waals surface area contributed by atoms with Crippen LogP contribution in [0.5, 0.6) is 11.5 Å². The number of rotatable bonds is 4. The summed E-state index contributed by atoms with van der Waals surface area (Å²) in [6.07, 6.45) is -4.75. The molecule has 0 saturated heterocycles. The van der Waals surface area contributed by atoms with Crippen LogP contribution in [0.4, 0.5) is 18.9 Å². The molecule has 0 fully saturated rings. The second-order valence-corrected chi connectivity index (χ2v) is 7.53. The third-order valence-electron chi connectivity index (χ3n) is 4.51. The standard InChI is InChI=1S/C21H11BrF3N3O4/c22-12-6-8-17(32-18-7-5-11(21(23,24)25)9-16(18)28(30)31)14(10-12)19-26-15-4-2-1-3-13(15)20(29)27-19/h1-10H,(H,26,27,29). The second kappa shape index (κ2) is 8.08. The minimum absolute atomic E-state index is 0.0505. The summed E-state index contributed by atoms with van der Waals surface area (Å²) >= 11 is 3.31. The molecule has 1 N–H and O–H groups in total. The average Bonchev–Trinajstić information content (AvgIpc) is 2.74. The van der Waals surface area contributed by atoms with E-state index in [9.17, 15) is 28.1 Å². The summed E-state index contributed by atoms with van der Waals surface area (Å²) in [5, 5.41) is 11.7. The van der Waals surface area contributed by atoms with Crippen molar-refractivity contribution in [3.05, 3.63) is 91.2 Å². The normalized spacial score (nSPS) is 11.5. The molecular formula is C21H11BrF3N3O4. The third-order valence-corrected chi connectivity index (χ3v) is 5.01. The van der Waals surface area contributed by atoms with Crippen molar-refractivity contribution in [2.75, 3.05) is 0 Å². The van der Waals surface area contributed by atoms with Gasteiger partial charge in [0, 0.05) is 10.5 Å². The van der Waals surface area contributed by atoms with Gasteiger partial charge in [-0.05, 0) is 42.5 Å². The first kappa shape index (κ1) is 21.5. The number of para-hydroxylation sites is 1. The van der Waals surface area contributed by atoms with Gasteiger partial charge in [0.25, 0.3) is 5.56 Å². The van der Waals surface area contributed by atoms with Gasteiger partial charge in [0.2, 0.25) is 5.75 Å². The quantitative estimate of drug-likeness (QED) is 0.268. The number of alkyl halides is 3. The Morgan fingerprint density at radius 2 is 1.75 bits per heavy atom. The third kappa shape index (κ3) is 4.19. The van der Waals surface area contributed by atoms with Crippen LogP contribution in [-0.2, 0) is 6.18 Å². The van der Waals surface area contributed by atoms with Gasteiger partial charge in [-0.15, -0.1) is 0 Å². The van der Waals surface area contributed by atoms with Gasteiger partial charge in [-0.25, -0.2) is 4.98 Å². The minimum Gasteiger partial charge on any atom is -0.449 e. The molecule has 0 aliphatic rings. The Morgan fingerprint density at radius 3 is 2.47 bits per heavy atom. The molecule has 0 aliphatic carbocycles. The molecule has 3 aromatic carbocycles. The number of aromatic nitrogens is 2. The Labute approximate surface area is 185 Å². The minimum atomic E-state index is -4.75. The Kier molecular flexibility index (Phi) is 5.43. The molecule has 0 atom stereocenters. The SMILES string of the molecule is O=c1[nH]c(-c2cc(Br)ccc2Oc2ccc(C(F)(F)F)cc2[N+](=O)[O-])nc2ccccc12. The van der Waals surface area contributed by atoms with E-state index in [4.69, 9.17) is 4.74 Å². The van der Waals surface area contributed by atoms with Gasteiger partial charge in [-0.2, -0.15) is 13.2 Å². The second-order valence-electron chi connectivity index (χ2n) is 6.61. The first-order valence-electron chi connectivity index (χ1n) is 8.96. The number of benzene rings is 3. The van der Waals surface area contributed by atoms with E-state index < -0.39 is 33.7 Å².